The number of ketones is 1. The van der Waals surface area contributed by atoms with Gasteiger partial charge in [-0.05, 0) is 6.92 Å². The van der Waals surface area contributed by atoms with Crippen molar-refractivity contribution in [2.45, 2.75) is 13.3 Å². The van der Waals surface area contributed by atoms with Crippen LogP contribution in [0.4, 0.5) is 0 Å². The Bertz CT molecular complexity index is 350. The maximum atomic E-state index is 10.8. The Morgan fingerprint density at radius 2 is 2.33 bits per heavy atom. The first-order valence-corrected chi connectivity index (χ1v) is 3.39. The molecule has 1 aromatic heterocycles. The van der Waals surface area contributed by atoms with E-state index in [0.29, 0.717) is 0 Å². The van der Waals surface area contributed by atoms with Crippen molar-refractivity contribution in [1.29, 1.82) is 0 Å². The molecule has 0 radical (unpaired) electrons. The average molecular weight is 168 g/mol. The third-order valence-electron chi connectivity index (χ3n) is 1.29. The van der Waals surface area contributed by atoms with Gasteiger partial charge in [-0.2, -0.15) is 0 Å². The summed E-state index contributed by atoms with van der Waals surface area (Å²) in [7, 11) is 0. The minimum Gasteiger partial charge on any atom is -0.502 e. The fourth-order valence-corrected chi connectivity index (χ4v) is 0.782. The molecule has 4 heteroatoms. The number of hydrogen-bond acceptors (Lipinski definition) is 4. The first-order chi connectivity index (χ1) is 5.59. The highest BCUT2D eigenvalue weighted by Gasteiger charge is 2.03. The van der Waals surface area contributed by atoms with E-state index >= 15 is 0 Å². The molecular formula is C8H8O4. The van der Waals surface area contributed by atoms with Gasteiger partial charge in [-0.3, -0.25) is 9.59 Å². The molecule has 1 N–H and O–H groups in total. The van der Waals surface area contributed by atoms with Crippen molar-refractivity contribution in [3.63, 3.8) is 0 Å². The molecule has 0 unspecified atom stereocenters. The van der Waals surface area contributed by atoms with Gasteiger partial charge in [0.05, 0.1) is 6.42 Å². The van der Waals surface area contributed by atoms with Crippen molar-refractivity contribution in [3.8, 4) is 5.75 Å². The van der Waals surface area contributed by atoms with E-state index in [4.69, 9.17) is 9.52 Å². The number of carbonyl (C=O) groups is 1. The van der Waals surface area contributed by atoms with Crippen LogP contribution < -0.4 is 5.43 Å². The van der Waals surface area contributed by atoms with Gasteiger partial charge in [0.1, 0.15) is 17.8 Å². The van der Waals surface area contributed by atoms with Crippen molar-refractivity contribution in [2.24, 2.45) is 0 Å². The summed E-state index contributed by atoms with van der Waals surface area (Å²) in [4.78, 5) is 21.4. The standard InChI is InChI=1S/C8H8O4/c1-5(9)2-6-3-7(10)8(11)4-12-6/h3-4,11H,2H2,1H3. The molecule has 0 bridgehead atoms. The molecule has 64 valence electrons. The lowest BCUT2D eigenvalue weighted by atomic mass is 10.2. The Morgan fingerprint density at radius 1 is 1.67 bits per heavy atom. The van der Waals surface area contributed by atoms with Gasteiger partial charge in [-0.25, -0.2) is 0 Å². The van der Waals surface area contributed by atoms with Crippen molar-refractivity contribution in [2.75, 3.05) is 0 Å². The zero-order chi connectivity index (χ0) is 9.14. The Kier molecular flexibility index (Phi) is 2.28. The van der Waals surface area contributed by atoms with Gasteiger partial charge in [-0.1, -0.05) is 0 Å². The van der Waals surface area contributed by atoms with E-state index < -0.39 is 11.2 Å². The predicted molar refractivity (Wildman–Crippen MR) is 41.0 cm³/mol. The van der Waals surface area contributed by atoms with Crippen LogP contribution in [0.3, 0.4) is 0 Å². The second-order valence-corrected chi connectivity index (χ2v) is 2.47. The first kappa shape index (κ1) is 8.52. The zero-order valence-corrected chi connectivity index (χ0v) is 6.53. The van der Waals surface area contributed by atoms with Crippen LogP contribution in [-0.4, -0.2) is 10.9 Å². The summed E-state index contributed by atoms with van der Waals surface area (Å²) in [6, 6.07) is 1.11. The molecule has 0 amide bonds. The van der Waals surface area contributed by atoms with Crippen LogP contribution >= 0.6 is 0 Å². The molecule has 0 aliphatic rings. The molecule has 1 aromatic rings. The fourth-order valence-electron chi connectivity index (χ4n) is 0.782. The minimum absolute atomic E-state index is 0.0789. The first-order valence-electron chi connectivity index (χ1n) is 3.39. The molecule has 0 spiro atoms. The Balaban J connectivity index is 2.97. The van der Waals surface area contributed by atoms with Crippen LogP contribution in [0.5, 0.6) is 5.75 Å². The van der Waals surface area contributed by atoms with Crippen molar-refractivity contribution < 1.29 is 14.3 Å². The Hall–Kier alpha value is -1.58. The van der Waals surface area contributed by atoms with Gasteiger partial charge >= 0.3 is 0 Å². The number of hydrogen-bond donors (Lipinski definition) is 1. The monoisotopic (exact) mass is 168 g/mol. The van der Waals surface area contributed by atoms with E-state index in [1.165, 1.54) is 6.92 Å². The summed E-state index contributed by atoms with van der Waals surface area (Å²) in [6.07, 6.45) is 1.01. The van der Waals surface area contributed by atoms with Gasteiger partial charge in [0.15, 0.2) is 5.75 Å². The van der Waals surface area contributed by atoms with E-state index in [9.17, 15) is 9.59 Å². The summed E-state index contributed by atoms with van der Waals surface area (Å²) < 4.78 is 4.78. The maximum Gasteiger partial charge on any atom is 0.226 e. The minimum atomic E-state index is -0.530. The molecule has 0 saturated carbocycles. The SMILES string of the molecule is CC(=O)Cc1cc(=O)c(O)co1. The van der Waals surface area contributed by atoms with Gasteiger partial charge in [0.25, 0.3) is 0 Å². The van der Waals surface area contributed by atoms with Crippen molar-refractivity contribution in [3.05, 3.63) is 28.3 Å². The average Bonchev–Trinajstić information content (AvgIpc) is 1.96. The molecule has 1 heterocycles. The van der Waals surface area contributed by atoms with Gasteiger partial charge in [0, 0.05) is 6.07 Å². The molecular weight excluding hydrogens is 160 g/mol. The highest BCUT2D eigenvalue weighted by Crippen LogP contribution is 2.03. The Labute approximate surface area is 68.4 Å². The molecule has 12 heavy (non-hydrogen) atoms. The quantitative estimate of drug-likeness (QED) is 0.697. The summed E-state index contributed by atoms with van der Waals surface area (Å²) in [5.74, 6) is -0.267. The normalized spacial score (nSPS) is 9.75. The number of rotatable bonds is 2. The maximum absolute atomic E-state index is 10.8. The summed E-state index contributed by atoms with van der Waals surface area (Å²) in [5.41, 5.74) is -0.530. The highest BCUT2D eigenvalue weighted by molar-refractivity contribution is 5.77. The molecule has 0 aliphatic carbocycles. The number of aromatic hydroxyl groups is 1. The third-order valence-corrected chi connectivity index (χ3v) is 1.29. The molecule has 4 nitrogen and oxygen atoms in total. The van der Waals surface area contributed by atoms with Crippen LogP contribution in [0.15, 0.2) is 21.5 Å². The van der Waals surface area contributed by atoms with Crippen LogP contribution in [0, 0.1) is 0 Å². The third kappa shape index (κ3) is 1.95. The van der Waals surface area contributed by atoms with Crippen molar-refractivity contribution in [1.82, 2.24) is 0 Å². The van der Waals surface area contributed by atoms with Gasteiger partial charge in [0.2, 0.25) is 5.43 Å². The molecule has 0 atom stereocenters. The lowest BCUT2D eigenvalue weighted by Crippen LogP contribution is -2.03. The molecule has 0 saturated heterocycles. The smallest absolute Gasteiger partial charge is 0.226 e. The highest BCUT2D eigenvalue weighted by atomic mass is 16.3. The van der Waals surface area contributed by atoms with Gasteiger partial charge in [-0.15, -0.1) is 0 Å². The second-order valence-electron chi connectivity index (χ2n) is 2.47. The zero-order valence-electron chi connectivity index (χ0n) is 6.53. The van der Waals surface area contributed by atoms with E-state index in [-0.39, 0.29) is 18.0 Å². The van der Waals surface area contributed by atoms with E-state index in [2.05, 4.69) is 0 Å². The lowest BCUT2D eigenvalue weighted by Gasteiger charge is -1.95. The molecule has 0 aliphatic heterocycles. The molecule has 0 fully saturated rings. The molecule has 0 aromatic carbocycles. The second kappa shape index (κ2) is 3.21. The number of Topliss-reactive ketones (excluding diaryl/α,β-unsaturated/α-hetero) is 1. The number of carbonyl (C=O) groups excluding carboxylic acids is 1. The van der Waals surface area contributed by atoms with Crippen LogP contribution in [0.2, 0.25) is 0 Å². The van der Waals surface area contributed by atoms with Crippen LogP contribution in [0.1, 0.15) is 12.7 Å². The topological polar surface area (TPSA) is 67.5 Å². The van der Waals surface area contributed by atoms with Gasteiger partial charge < -0.3 is 9.52 Å². The van der Waals surface area contributed by atoms with E-state index in [0.717, 1.165) is 12.3 Å². The lowest BCUT2D eigenvalue weighted by molar-refractivity contribution is -0.116. The predicted octanol–water partition coefficient (Wildman–Crippen LogP) is 0.477. The summed E-state index contributed by atoms with van der Waals surface area (Å²) in [6.45, 7) is 1.40. The van der Waals surface area contributed by atoms with Crippen LogP contribution in [-0.2, 0) is 11.2 Å². The largest absolute Gasteiger partial charge is 0.502 e. The molecule has 1 rings (SSSR count). The summed E-state index contributed by atoms with van der Waals surface area (Å²) in [5, 5.41) is 8.79. The fraction of sp³-hybridized carbons (Fsp3) is 0.250. The van der Waals surface area contributed by atoms with Crippen LogP contribution in [0.25, 0.3) is 0 Å². The van der Waals surface area contributed by atoms with E-state index in [1.807, 2.05) is 0 Å². The summed E-state index contributed by atoms with van der Waals surface area (Å²) >= 11 is 0. The Morgan fingerprint density at radius 3 is 2.83 bits per heavy atom. The van der Waals surface area contributed by atoms with E-state index in [1.54, 1.807) is 0 Å². The van der Waals surface area contributed by atoms with Crippen molar-refractivity contribution >= 4 is 5.78 Å².